The van der Waals surface area contributed by atoms with E-state index in [-0.39, 0.29) is 6.10 Å². The van der Waals surface area contributed by atoms with Crippen LogP contribution in [0.4, 0.5) is 0 Å². The van der Waals surface area contributed by atoms with Crippen molar-refractivity contribution in [2.75, 3.05) is 53.0 Å². The van der Waals surface area contributed by atoms with E-state index in [1.54, 1.807) is 0 Å². The summed E-state index contributed by atoms with van der Waals surface area (Å²) in [6, 6.07) is 0.663. The van der Waals surface area contributed by atoms with Crippen LogP contribution in [0.25, 0.3) is 0 Å². The van der Waals surface area contributed by atoms with Crippen LogP contribution in [0.5, 0.6) is 0 Å². The molecule has 0 bridgehead atoms. The summed E-state index contributed by atoms with van der Waals surface area (Å²) in [6.45, 7) is 8.72. The van der Waals surface area contributed by atoms with Gasteiger partial charge in [-0.25, -0.2) is 0 Å². The maximum atomic E-state index is 5.96. The molecule has 2 aliphatic rings. The molecule has 2 unspecified atom stereocenters. The zero-order valence-corrected chi connectivity index (χ0v) is 14.9. The standard InChI is InChI=1S/C17H34N4O2/c1-3-4-10-22-11-6-8-19-17(18-2)20-12-16-13-21-9-5-7-15(21)14-23-16/h15-16H,3-14H2,1-2H3,(H2,18,19,20). The van der Waals surface area contributed by atoms with Gasteiger partial charge in [0, 0.05) is 45.9 Å². The van der Waals surface area contributed by atoms with E-state index < -0.39 is 0 Å². The molecule has 23 heavy (non-hydrogen) atoms. The molecule has 0 aromatic rings. The second-order valence-corrected chi connectivity index (χ2v) is 6.45. The fourth-order valence-electron chi connectivity index (χ4n) is 3.17. The monoisotopic (exact) mass is 326 g/mol. The Morgan fingerprint density at radius 3 is 3.00 bits per heavy atom. The zero-order valence-electron chi connectivity index (χ0n) is 14.9. The van der Waals surface area contributed by atoms with Crippen molar-refractivity contribution in [3.05, 3.63) is 0 Å². The summed E-state index contributed by atoms with van der Waals surface area (Å²) < 4.78 is 11.5. The number of unbranched alkanes of at least 4 members (excludes halogenated alkanes) is 1. The Morgan fingerprint density at radius 2 is 2.17 bits per heavy atom. The molecule has 2 fully saturated rings. The third-order valence-corrected chi connectivity index (χ3v) is 4.58. The second-order valence-electron chi connectivity index (χ2n) is 6.45. The quantitative estimate of drug-likeness (QED) is 0.379. The summed E-state index contributed by atoms with van der Waals surface area (Å²) in [5.74, 6) is 0.853. The molecule has 2 saturated heterocycles. The number of rotatable bonds is 9. The Morgan fingerprint density at radius 1 is 1.30 bits per heavy atom. The van der Waals surface area contributed by atoms with Crippen molar-refractivity contribution in [3.63, 3.8) is 0 Å². The van der Waals surface area contributed by atoms with Gasteiger partial charge in [-0.05, 0) is 32.2 Å². The molecule has 6 nitrogen and oxygen atoms in total. The molecule has 2 heterocycles. The molecule has 2 aliphatic heterocycles. The highest BCUT2D eigenvalue weighted by molar-refractivity contribution is 5.79. The van der Waals surface area contributed by atoms with Crippen molar-refractivity contribution in [2.24, 2.45) is 4.99 Å². The largest absolute Gasteiger partial charge is 0.381 e. The lowest BCUT2D eigenvalue weighted by molar-refractivity contribution is -0.0453. The first-order valence-corrected chi connectivity index (χ1v) is 9.21. The first kappa shape index (κ1) is 18.5. The highest BCUT2D eigenvalue weighted by Crippen LogP contribution is 2.22. The molecule has 2 atom stereocenters. The van der Waals surface area contributed by atoms with Crippen molar-refractivity contribution < 1.29 is 9.47 Å². The minimum absolute atomic E-state index is 0.264. The summed E-state index contributed by atoms with van der Waals surface area (Å²) in [5, 5.41) is 6.71. The van der Waals surface area contributed by atoms with Crippen LogP contribution in [0.2, 0.25) is 0 Å². The van der Waals surface area contributed by atoms with E-state index in [9.17, 15) is 0 Å². The lowest BCUT2D eigenvalue weighted by atomic mass is 10.2. The highest BCUT2D eigenvalue weighted by atomic mass is 16.5. The number of aliphatic imine (C=N–C) groups is 1. The first-order valence-electron chi connectivity index (χ1n) is 9.21. The van der Waals surface area contributed by atoms with E-state index in [4.69, 9.17) is 9.47 Å². The number of nitrogens with zero attached hydrogens (tertiary/aromatic N) is 2. The Hall–Kier alpha value is -0.850. The molecular weight excluding hydrogens is 292 g/mol. The lowest BCUT2D eigenvalue weighted by Crippen LogP contribution is -2.51. The maximum Gasteiger partial charge on any atom is 0.191 e. The van der Waals surface area contributed by atoms with Crippen LogP contribution in [0.3, 0.4) is 0 Å². The summed E-state index contributed by atoms with van der Waals surface area (Å²) >= 11 is 0. The first-order chi connectivity index (χ1) is 11.3. The molecule has 0 spiro atoms. The lowest BCUT2D eigenvalue weighted by Gasteiger charge is -2.35. The van der Waals surface area contributed by atoms with E-state index >= 15 is 0 Å². The topological polar surface area (TPSA) is 58.1 Å². The Bertz CT molecular complexity index is 351. The normalized spacial score (nSPS) is 25.4. The predicted octanol–water partition coefficient (Wildman–Crippen LogP) is 1.22. The molecular formula is C17H34N4O2. The third-order valence-electron chi connectivity index (χ3n) is 4.58. The van der Waals surface area contributed by atoms with Gasteiger partial charge in [0.2, 0.25) is 0 Å². The Balaban J connectivity index is 1.53. The van der Waals surface area contributed by atoms with Crippen molar-refractivity contribution in [1.82, 2.24) is 15.5 Å². The van der Waals surface area contributed by atoms with Crippen molar-refractivity contribution in [2.45, 2.75) is 51.2 Å². The van der Waals surface area contributed by atoms with Gasteiger partial charge in [-0.2, -0.15) is 0 Å². The van der Waals surface area contributed by atoms with Gasteiger partial charge < -0.3 is 20.1 Å². The SMILES string of the molecule is CCCCOCCCNC(=NC)NCC1CN2CCCC2CO1. The van der Waals surface area contributed by atoms with Crippen LogP contribution in [0, 0.1) is 0 Å². The molecule has 2 N–H and O–H groups in total. The molecule has 0 amide bonds. The Kier molecular flexibility index (Phi) is 8.71. The number of fused-ring (bicyclic) bond motifs is 1. The minimum Gasteiger partial charge on any atom is -0.381 e. The fraction of sp³-hybridized carbons (Fsp3) is 0.941. The van der Waals surface area contributed by atoms with Gasteiger partial charge >= 0.3 is 0 Å². The van der Waals surface area contributed by atoms with Crippen LogP contribution >= 0.6 is 0 Å². The zero-order chi connectivity index (χ0) is 16.3. The van der Waals surface area contributed by atoms with Crippen LogP contribution < -0.4 is 10.6 Å². The van der Waals surface area contributed by atoms with Crippen molar-refractivity contribution in [3.8, 4) is 0 Å². The highest BCUT2D eigenvalue weighted by Gasteiger charge is 2.31. The van der Waals surface area contributed by atoms with E-state index in [0.29, 0.717) is 6.04 Å². The number of guanidine groups is 1. The van der Waals surface area contributed by atoms with E-state index in [1.807, 2.05) is 7.05 Å². The van der Waals surface area contributed by atoms with Gasteiger partial charge in [-0.3, -0.25) is 9.89 Å². The molecule has 2 rings (SSSR count). The third kappa shape index (κ3) is 6.65. The van der Waals surface area contributed by atoms with E-state index in [2.05, 4.69) is 27.4 Å². The Labute approximate surface area is 141 Å². The molecule has 0 aliphatic carbocycles. The van der Waals surface area contributed by atoms with Crippen LogP contribution in [0.1, 0.15) is 39.0 Å². The average molecular weight is 326 g/mol. The van der Waals surface area contributed by atoms with Gasteiger partial charge in [0.15, 0.2) is 5.96 Å². The van der Waals surface area contributed by atoms with Crippen molar-refractivity contribution >= 4 is 5.96 Å². The summed E-state index contributed by atoms with van der Waals surface area (Å²) in [5.41, 5.74) is 0. The molecule has 0 aromatic heterocycles. The van der Waals surface area contributed by atoms with E-state index in [1.165, 1.54) is 25.8 Å². The number of ether oxygens (including phenoxy) is 2. The number of hydrogen-bond acceptors (Lipinski definition) is 4. The maximum absolute atomic E-state index is 5.96. The molecule has 6 heteroatoms. The van der Waals surface area contributed by atoms with Gasteiger partial charge in [-0.1, -0.05) is 13.3 Å². The molecule has 134 valence electrons. The minimum atomic E-state index is 0.264. The average Bonchev–Trinajstić information content (AvgIpc) is 3.04. The number of morpholine rings is 1. The van der Waals surface area contributed by atoms with Gasteiger partial charge in [0.1, 0.15) is 0 Å². The number of hydrogen-bond donors (Lipinski definition) is 2. The van der Waals surface area contributed by atoms with E-state index in [0.717, 1.165) is 58.3 Å². The predicted molar refractivity (Wildman–Crippen MR) is 94.0 cm³/mol. The smallest absolute Gasteiger partial charge is 0.191 e. The molecule has 0 aromatic carbocycles. The van der Waals surface area contributed by atoms with Crippen LogP contribution in [-0.2, 0) is 9.47 Å². The summed E-state index contributed by atoms with van der Waals surface area (Å²) in [7, 11) is 1.81. The number of nitrogens with one attached hydrogen (secondary N) is 2. The van der Waals surface area contributed by atoms with Gasteiger partial charge in [0.25, 0.3) is 0 Å². The second kappa shape index (κ2) is 10.8. The summed E-state index contributed by atoms with van der Waals surface area (Å²) in [6.07, 6.45) is 6.22. The van der Waals surface area contributed by atoms with Gasteiger partial charge in [-0.15, -0.1) is 0 Å². The summed E-state index contributed by atoms with van der Waals surface area (Å²) in [4.78, 5) is 6.84. The molecule has 0 saturated carbocycles. The molecule has 0 radical (unpaired) electrons. The van der Waals surface area contributed by atoms with Crippen molar-refractivity contribution in [1.29, 1.82) is 0 Å². The fourth-order valence-corrected chi connectivity index (χ4v) is 3.17. The van der Waals surface area contributed by atoms with Crippen LogP contribution in [-0.4, -0.2) is 76.1 Å². The van der Waals surface area contributed by atoms with Gasteiger partial charge in [0.05, 0.1) is 12.7 Å². The van der Waals surface area contributed by atoms with Crippen LogP contribution in [0.15, 0.2) is 4.99 Å².